The summed E-state index contributed by atoms with van der Waals surface area (Å²) >= 11 is 0. The Kier molecular flexibility index (Phi) is 5.45. The summed E-state index contributed by atoms with van der Waals surface area (Å²) in [5.74, 6) is 0.0640. The molecule has 0 aliphatic carbocycles. The Morgan fingerprint density at radius 2 is 2.20 bits per heavy atom. The summed E-state index contributed by atoms with van der Waals surface area (Å²) in [6.07, 6.45) is 2.50. The predicted molar refractivity (Wildman–Crippen MR) is 90.1 cm³/mol. The first kappa shape index (κ1) is 17.6. The molecule has 1 aliphatic rings. The van der Waals surface area contributed by atoms with Crippen LogP contribution < -0.4 is 0 Å². The van der Waals surface area contributed by atoms with Crippen LogP contribution in [0.25, 0.3) is 11.5 Å². The van der Waals surface area contributed by atoms with E-state index in [2.05, 4.69) is 4.98 Å². The molecule has 0 atom stereocenters. The first-order chi connectivity index (χ1) is 12.0. The Hall–Kier alpha value is -2.25. The van der Waals surface area contributed by atoms with E-state index in [0.717, 1.165) is 0 Å². The molecule has 1 aromatic heterocycles. The number of rotatable bonds is 5. The number of carbonyl (C=O) groups excluding carboxylic acids is 1. The average Bonchev–Trinajstić information content (AvgIpc) is 3.03. The first-order valence-corrected chi connectivity index (χ1v) is 8.36. The van der Waals surface area contributed by atoms with Gasteiger partial charge < -0.3 is 14.4 Å². The zero-order chi connectivity index (χ0) is 17.8. The molecule has 0 radical (unpaired) electrons. The molecule has 1 aromatic carbocycles. The Balaban J connectivity index is 1.55. The van der Waals surface area contributed by atoms with Crippen LogP contribution in [-0.2, 0) is 11.3 Å². The third-order valence-electron chi connectivity index (χ3n) is 4.28. The van der Waals surface area contributed by atoms with Gasteiger partial charge in [-0.15, -0.1) is 0 Å². The first-order valence-electron chi connectivity index (χ1n) is 8.36. The van der Waals surface area contributed by atoms with Gasteiger partial charge >= 0.3 is 0 Å². The molecular formula is C18H22FN3O3. The lowest BCUT2D eigenvalue weighted by Crippen LogP contribution is -2.44. The van der Waals surface area contributed by atoms with Crippen LogP contribution in [0.2, 0.25) is 0 Å². The average molecular weight is 347 g/mol. The molecule has 7 heteroatoms. The van der Waals surface area contributed by atoms with Gasteiger partial charge in [-0.2, -0.15) is 0 Å². The number of amides is 1. The van der Waals surface area contributed by atoms with Crippen LogP contribution in [0.5, 0.6) is 0 Å². The molecular weight excluding hydrogens is 325 g/mol. The van der Waals surface area contributed by atoms with Crippen molar-refractivity contribution in [3.05, 3.63) is 42.0 Å². The number of benzene rings is 1. The van der Waals surface area contributed by atoms with Gasteiger partial charge in [0.05, 0.1) is 18.3 Å². The fourth-order valence-electron chi connectivity index (χ4n) is 2.91. The number of aliphatic hydroxyl groups is 1. The monoisotopic (exact) mass is 347 g/mol. The zero-order valence-electron chi connectivity index (χ0n) is 14.2. The lowest BCUT2D eigenvalue weighted by Gasteiger charge is -2.30. The topological polar surface area (TPSA) is 69.8 Å². The van der Waals surface area contributed by atoms with Gasteiger partial charge in [0.1, 0.15) is 12.1 Å². The highest BCUT2D eigenvalue weighted by Crippen LogP contribution is 2.20. The predicted octanol–water partition coefficient (Wildman–Crippen LogP) is 1.90. The van der Waals surface area contributed by atoms with Crippen molar-refractivity contribution >= 4 is 5.91 Å². The normalized spacial score (nSPS) is 15.8. The summed E-state index contributed by atoms with van der Waals surface area (Å²) in [5, 5.41) is 9.51. The molecule has 0 unspecified atom stereocenters. The molecule has 134 valence electrons. The quantitative estimate of drug-likeness (QED) is 0.895. The number of nitrogens with zero attached hydrogens (tertiary/aromatic N) is 3. The van der Waals surface area contributed by atoms with Crippen LogP contribution >= 0.6 is 0 Å². The molecule has 2 aromatic rings. The van der Waals surface area contributed by atoms with E-state index in [1.54, 1.807) is 17.0 Å². The summed E-state index contributed by atoms with van der Waals surface area (Å²) in [4.78, 5) is 20.3. The molecule has 25 heavy (non-hydrogen) atoms. The van der Waals surface area contributed by atoms with E-state index in [4.69, 9.17) is 4.42 Å². The third kappa shape index (κ3) is 4.64. The molecule has 1 N–H and O–H groups in total. The van der Waals surface area contributed by atoms with Crippen molar-refractivity contribution in [1.82, 2.24) is 14.8 Å². The second-order valence-electron chi connectivity index (χ2n) is 6.44. The number of oxazole rings is 1. The van der Waals surface area contributed by atoms with Crippen LogP contribution in [0.4, 0.5) is 4.39 Å². The largest absolute Gasteiger partial charge is 0.444 e. The summed E-state index contributed by atoms with van der Waals surface area (Å²) in [7, 11) is 1.84. The highest BCUT2D eigenvalue weighted by atomic mass is 19.1. The van der Waals surface area contributed by atoms with Crippen LogP contribution in [0, 0.1) is 5.82 Å². The lowest BCUT2D eigenvalue weighted by atomic mass is 10.1. The summed E-state index contributed by atoms with van der Waals surface area (Å²) in [5.41, 5.74) is 1.26. The number of aliphatic hydroxyl groups excluding tert-OH is 1. The van der Waals surface area contributed by atoms with Gasteiger partial charge in [0.15, 0.2) is 0 Å². The standard InChI is InChI=1S/C18H22FN3O3/c1-21(11-17(24)22-7-5-16(23)6-8-22)10-15-12-25-18(20-15)13-3-2-4-14(19)9-13/h2-4,9,12,16,23H,5-8,10-11H2,1H3. The van der Waals surface area contributed by atoms with E-state index in [1.807, 2.05) is 11.9 Å². The van der Waals surface area contributed by atoms with E-state index in [0.29, 0.717) is 49.6 Å². The molecule has 1 amide bonds. The summed E-state index contributed by atoms with van der Waals surface area (Å²) < 4.78 is 18.7. The minimum absolute atomic E-state index is 0.0447. The van der Waals surface area contributed by atoms with E-state index in [-0.39, 0.29) is 24.4 Å². The fourth-order valence-corrected chi connectivity index (χ4v) is 2.91. The molecule has 2 heterocycles. The minimum atomic E-state index is -0.341. The molecule has 0 saturated carbocycles. The van der Waals surface area contributed by atoms with Gasteiger partial charge in [-0.3, -0.25) is 9.69 Å². The van der Waals surface area contributed by atoms with E-state index in [1.165, 1.54) is 18.4 Å². The molecule has 3 rings (SSSR count). The number of likely N-dealkylation sites (N-methyl/N-ethyl adjacent to an activating group) is 1. The molecule has 0 bridgehead atoms. The number of likely N-dealkylation sites (tertiary alicyclic amines) is 1. The van der Waals surface area contributed by atoms with E-state index >= 15 is 0 Å². The smallest absolute Gasteiger partial charge is 0.236 e. The van der Waals surface area contributed by atoms with Crippen molar-refractivity contribution in [2.75, 3.05) is 26.7 Å². The number of hydrogen-bond donors (Lipinski definition) is 1. The van der Waals surface area contributed by atoms with Crippen molar-refractivity contribution in [2.24, 2.45) is 0 Å². The van der Waals surface area contributed by atoms with Crippen molar-refractivity contribution in [3.63, 3.8) is 0 Å². The van der Waals surface area contributed by atoms with Crippen molar-refractivity contribution in [3.8, 4) is 11.5 Å². The zero-order valence-corrected chi connectivity index (χ0v) is 14.2. The Labute approximate surface area is 145 Å². The SMILES string of the molecule is CN(CC(=O)N1CCC(O)CC1)Cc1coc(-c2cccc(F)c2)n1. The van der Waals surface area contributed by atoms with E-state index < -0.39 is 0 Å². The molecule has 1 fully saturated rings. The molecule has 1 saturated heterocycles. The third-order valence-corrected chi connectivity index (χ3v) is 4.28. The maximum Gasteiger partial charge on any atom is 0.236 e. The van der Waals surface area contributed by atoms with Gasteiger partial charge in [0.25, 0.3) is 0 Å². The van der Waals surface area contributed by atoms with Crippen molar-refractivity contribution < 1.29 is 18.7 Å². The number of hydrogen-bond acceptors (Lipinski definition) is 5. The molecule has 1 aliphatic heterocycles. The van der Waals surface area contributed by atoms with Gasteiger partial charge in [0, 0.05) is 25.2 Å². The minimum Gasteiger partial charge on any atom is -0.444 e. The van der Waals surface area contributed by atoms with Gasteiger partial charge in [-0.05, 0) is 38.1 Å². The summed E-state index contributed by atoms with van der Waals surface area (Å²) in [6.45, 7) is 1.93. The van der Waals surface area contributed by atoms with Crippen LogP contribution in [-0.4, -0.2) is 58.6 Å². The van der Waals surface area contributed by atoms with Gasteiger partial charge in [-0.25, -0.2) is 9.37 Å². The molecule has 6 nitrogen and oxygen atoms in total. The molecule has 0 spiro atoms. The maximum atomic E-state index is 13.3. The number of carbonyl (C=O) groups is 1. The maximum absolute atomic E-state index is 13.3. The van der Waals surface area contributed by atoms with Crippen molar-refractivity contribution in [2.45, 2.75) is 25.5 Å². The van der Waals surface area contributed by atoms with Crippen molar-refractivity contribution in [1.29, 1.82) is 0 Å². The lowest BCUT2D eigenvalue weighted by molar-refractivity contribution is -0.134. The Morgan fingerprint density at radius 1 is 1.44 bits per heavy atom. The second-order valence-corrected chi connectivity index (χ2v) is 6.44. The van der Waals surface area contributed by atoms with E-state index in [9.17, 15) is 14.3 Å². The Morgan fingerprint density at radius 3 is 2.92 bits per heavy atom. The second kappa shape index (κ2) is 7.76. The number of piperidine rings is 1. The highest BCUT2D eigenvalue weighted by molar-refractivity contribution is 5.78. The van der Waals surface area contributed by atoms with Crippen LogP contribution in [0.1, 0.15) is 18.5 Å². The van der Waals surface area contributed by atoms with Crippen LogP contribution in [0.15, 0.2) is 34.9 Å². The number of halogens is 1. The number of aromatic nitrogens is 1. The fraction of sp³-hybridized carbons (Fsp3) is 0.444. The Bertz CT molecular complexity index is 726. The van der Waals surface area contributed by atoms with Crippen LogP contribution in [0.3, 0.4) is 0 Å². The van der Waals surface area contributed by atoms with Gasteiger partial charge in [0.2, 0.25) is 11.8 Å². The highest BCUT2D eigenvalue weighted by Gasteiger charge is 2.22. The van der Waals surface area contributed by atoms with Gasteiger partial charge in [-0.1, -0.05) is 6.07 Å². The summed E-state index contributed by atoms with van der Waals surface area (Å²) in [6, 6.07) is 6.07.